The number of anilines is 2. The van der Waals surface area contributed by atoms with Gasteiger partial charge >= 0.3 is 0 Å². The molecule has 1 unspecified atom stereocenters. The zero-order chi connectivity index (χ0) is 28.9. The van der Waals surface area contributed by atoms with Gasteiger partial charge in [0.25, 0.3) is 5.91 Å². The zero-order valence-electron chi connectivity index (χ0n) is 23.5. The molecule has 0 aromatic heterocycles. The lowest BCUT2D eigenvalue weighted by molar-refractivity contribution is -0.141. The molecule has 9 heteroatoms. The minimum absolute atomic E-state index is 0.0324. The highest BCUT2D eigenvalue weighted by Crippen LogP contribution is 2.53. The normalized spacial score (nSPS) is 28.9. The number of β-amino-alcohol motifs (C(OH)–C–C–N with tert-alkyl or cyclic N) is 1. The highest BCUT2D eigenvalue weighted by atomic mass is 16.5. The minimum atomic E-state index is -1.34. The van der Waals surface area contributed by atoms with Crippen LogP contribution in [-0.2, 0) is 19.1 Å². The fourth-order valence-electron chi connectivity index (χ4n) is 6.83. The molecule has 1 N–H and O–H groups in total. The van der Waals surface area contributed by atoms with Crippen LogP contribution in [-0.4, -0.2) is 78.3 Å². The summed E-state index contributed by atoms with van der Waals surface area (Å²) in [5, 5.41) is 9.92. The molecule has 0 aliphatic carbocycles. The average Bonchev–Trinajstić information content (AvgIpc) is 3.26. The predicted octanol–water partition coefficient (Wildman–Crippen LogP) is 2.78. The molecule has 2 fully saturated rings. The minimum Gasteiger partial charge on any atom is -0.494 e. The number of ether oxygens (including phenoxy) is 2. The molecule has 9 nitrogen and oxygen atoms in total. The van der Waals surface area contributed by atoms with Gasteiger partial charge in [-0.25, -0.2) is 0 Å². The number of aryl methyl sites for hydroxylation is 2. The van der Waals surface area contributed by atoms with Crippen LogP contribution in [0.2, 0.25) is 0 Å². The molecule has 2 saturated heterocycles. The van der Waals surface area contributed by atoms with E-state index in [1.807, 2.05) is 87.5 Å². The quantitative estimate of drug-likeness (QED) is 0.549. The van der Waals surface area contributed by atoms with Gasteiger partial charge in [-0.05, 0) is 62.2 Å². The summed E-state index contributed by atoms with van der Waals surface area (Å²) in [5.74, 6) is -1.91. The number of carbonyl (C=O) groups is 3. The summed E-state index contributed by atoms with van der Waals surface area (Å²) in [6, 6.07) is 12.2. The molecule has 214 valence electrons. The van der Waals surface area contributed by atoms with Gasteiger partial charge in [-0.2, -0.15) is 0 Å². The van der Waals surface area contributed by atoms with Crippen molar-refractivity contribution in [2.45, 2.75) is 38.5 Å². The smallest absolute Gasteiger partial charge is 0.253 e. The van der Waals surface area contributed by atoms with E-state index in [2.05, 4.69) is 0 Å². The number of nitrogens with zero attached hydrogens (tertiary/aromatic N) is 3. The number of fused-ring (bicyclic) bond motifs is 2. The van der Waals surface area contributed by atoms with Gasteiger partial charge in [0.2, 0.25) is 11.8 Å². The van der Waals surface area contributed by atoms with Crippen molar-refractivity contribution in [1.82, 2.24) is 4.90 Å². The van der Waals surface area contributed by atoms with E-state index in [4.69, 9.17) is 9.47 Å². The van der Waals surface area contributed by atoms with E-state index in [1.165, 1.54) is 4.90 Å². The highest BCUT2D eigenvalue weighted by molar-refractivity contribution is 6.07. The number of amides is 3. The van der Waals surface area contributed by atoms with Crippen molar-refractivity contribution in [3.05, 3.63) is 77.9 Å². The Labute approximate surface area is 239 Å². The third kappa shape index (κ3) is 4.26. The molecule has 0 bridgehead atoms. The SMILES string of the molecule is CCOc1ccc(N2CC=C[C@@H]3O[C@]45C=CCN(c6cc(C)ccc6C)C(=O)C4N(CCO)C(=O)[C@@H]5[C@@H]3C2=O)cc1. The van der Waals surface area contributed by atoms with Crippen LogP contribution in [0.15, 0.2) is 66.8 Å². The molecule has 2 aromatic rings. The monoisotopic (exact) mass is 557 g/mol. The Morgan fingerprint density at radius 1 is 0.976 bits per heavy atom. The molecule has 5 atom stereocenters. The number of hydrogen-bond acceptors (Lipinski definition) is 6. The van der Waals surface area contributed by atoms with Crippen molar-refractivity contribution in [3.8, 4) is 5.75 Å². The summed E-state index contributed by atoms with van der Waals surface area (Å²) in [4.78, 5) is 47.5. The first-order valence-electron chi connectivity index (χ1n) is 14.2. The lowest BCUT2D eigenvalue weighted by Gasteiger charge is -2.35. The molecule has 6 rings (SSSR count). The third-order valence-corrected chi connectivity index (χ3v) is 8.61. The van der Waals surface area contributed by atoms with Crippen LogP contribution in [0.1, 0.15) is 18.1 Å². The van der Waals surface area contributed by atoms with Crippen LogP contribution in [0.5, 0.6) is 5.75 Å². The Balaban J connectivity index is 1.40. The summed E-state index contributed by atoms with van der Waals surface area (Å²) >= 11 is 0. The van der Waals surface area contributed by atoms with Gasteiger partial charge in [-0.1, -0.05) is 36.4 Å². The van der Waals surface area contributed by atoms with Gasteiger partial charge in [0.1, 0.15) is 17.4 Å². The molecule has 4 aliphatic rings. The molecular weight excluding hydrogens is 522 g/mol. The predicted molar refractivity (Wildman–Crippen MR) is 154 cm³/mol. The molecular formula is C32H35N3O6. The van der Waals surface area contributed by atoms with Crippen LogP contribution < -0.4 is 14.5 Å². The lowest BCUT2D eigenvalue weighted by Crippen LogP contribution is -2.55. The molecule has 2 aromatic carbocycles. The highest BCUT2D eigenvalue weighted by Gasteiger charge is 2.71. The van der Waals surface area contributed by atoms with Crippen LogP contribution in [0, 0.1) is 25.7 Å². The van der Waals surface area contributed by atoms with E-state index in [-0.39, 0.29) is 30.9 Å². The maximum absolute atomic E-state index is 14.4. The Bertz CT molecular complexity index is 1440. The van der Waals surface area contributed by atoms with E-state index >= 15 is 0 Å². The maximum Gasteiger partial charge on any atom is 0.253 e. The maximum atomic E-state index is 14.4. The van der Waals surface area contributed by atoms with Crippen LogP contribution >= 0.6 is 0 Å². The van der Waals surface area contributed by atoms with E-state index in [0.29, 0.717) is 31.1 Å². The average molecular weight is 558 g/mol. The summed E-state index contributed by atoms with van der Waals surface area (Å²) in [5.41, 5.74) is 2.06. The second-order valence-electron chi connectivity index (χ2n) is 11.0. The van der Waals surface area contributed by atoms with Gasteiger partial charge in [0.15, 0.2) is 0 Å². The van der Waals surface area contributed by atoms with Crippen LogP contribution in [0.25, 0.3) is 0 Å². The molecule has 41 heavy (non-hydrogen) atoms. The van der Waals surface area contributed by atoms with E-state index in [9.17, 15) is 19.5 Å². The van der Waals surface area contributed by atoms with Gasteiger partial charge in [-0.15, -0.1) is 0 Å². The van der Waals surface area contributed by atoms with Crippen molar-refractivity contribution in [2.24, 2.45) is 11.8 Å². The molecule has 4 heterocycles. The second-order valence-corrected chi connectivity index (χ2v) is 11.0. The number of likely N-dealkylation sites (tertiary alicyclic amines) is 1. The Morgan fingerprint density at radius 3 is 2.46 bits per heavy atom. The Morgan fingerprint density at radius 2 is 1.73 bits per heavy atom. The Hall–Kier alpha value is -3.95. The van der Waals surface area contributed by atoms with Crippen molar-refractivity contribution < 1.29 is 29.0 Å². The van der Waals surface area contributed by atoms with Crippen molar-refractivity contribution >= 4 is 29.1 Å². The fraction of sp³-hybridized carbons (Fsp3) is 0.406. The first kappa shape index (κ1) is 27.2. The summed E-state index contributed by atoms with van der Waals surface area (Å²) in [7, 11) is 0. The molecule has 4 aliphatic heterocycles. The summed E-state index contributed by atoms with van der Waals surface area (Å²) in [6.07, 6.45) is 6.74. The fourth-order valence-corrected chi connectivity index (χ4v) is 6.83. The van der Waals surface area contributed by atoms with Crippen LogP contribution in [0.3, 0.4) is 0 Å². The van der Waals surface area contributed by atoms with Crippen molar-refractivity contribution in [3.63, 3.8) is 0 Å². The number of aliphatic hydroxyl groups is 1. The van der Waals surface area contributed by atoms with Crippen molar-refractivity contribution in [1.29, 1.82) is 0 Å². The lowest BCUT2D eigenvalue weighted by atomic mass is 9.77. The third-order valence-electron chi connectivity index (χ3n) is 8.61. The standard InChI is InChI=1S/C32H35N3O6/c1-4-40-23-12-10-22(11-13-23)33-15-5-7-25-26(29(33)37)27-30(38)35(17-18-36)28-31(39)34(16-6-14-32(27,28)41-25)24-19-20(2)8-9-21(24)3/h5-14,19,25-28,36H,4,15-18H2,1-3H3/t25-,26+,27-,28?,32-/m0/s1. The van der Waals surface area contributed by atoms with Gasteiger partial charge in [0, 0.05) is 31.0 Å². The molecule has 3 amide bonds. The van der Waals surface area contributed by atoms with E-state index in [0.717, 1.165) is 16.8 Å². The number of benzene rings is 2. The second kappa shape index (κ2) is 10.5. The van der Waals surface area contributed by atoms with E-state index < -0.39 is 29.6 Å². The van der Waals surface area contributed by atoms with E-state index in [1.54, 1.807) is 9.80 Å². The van der Waals surface area contributed by atoms with Gasteiger partial charge < -0.3 is 29.3 Å². The van der Waals surface area contributed by atoms with Gasteiger partial charge in [-0.3, -0.25) is 14.4 Å². The topological polar surface area (TPSA) is 99.6 Å². The first-order valence-corrected chi connectivity index (χ1v) is 14.2. The van der Waals surface area contributed by atoms with Gasteiger partial charge in [0.05, 0.1) is 31.2 Å². The summed E-state index contributed by atoms with van der Waals surface area (Å²) < 4.78 is 12.2. The zero-order valence-corrected chi connectivity index (χ0v) is 23.5. The summed E-state index contributed by atoms with van der Waals surface area (Å²) in [6.45, 7) is 6.65. The largest absolute Gasteiger partial charge is 0.494 e. The van der Waals surface area contributed by atoms with Crippen LogP contribution in [0.4, 0.5) is 11.4 Å². The first-order chi connectivity index (χ1) is 19.8. The Kier molecular flexibility index (Phi) is 6.95. The number of rotatable bonds is 6. The number of carbonyl (C=O) groups excluding carboxylic acids is 3. The molecule has 0 radical (unpaired) electrons. The number of hydrogen-bond donors (Lipinski definition) is 1. The van der Waals surface area contributed by atoms with Crippen molar-refractivity contribution in [2.75, 3.05) is 42.6 Å². The molecule has 1 spiro atoms. The number of aliphatic hydroxyl groups excluding tert-OH is 1. The molecule has 0 saturated carbocycles.